The first-order valence-electron chi connectivity index (χ1n) is 8.54. The van der Waals surface area contributed by atoms with E-state index in [0.717, 1.165) is 0 Å². The molecule has 0 atom stereocenters. The Kier molecular flexibility index (Phi) is 6.73. The number of hydrogen-bond donors (Lipinski definition) is 2. The lowest BCUT2D eigenvalue weighted by Crippen LogP contribution is -2.38. The fourth-order valence-corrected chi connectivity index (χ4v) is 2.89. The van der Waals surface area contributed by atoms with Gasteiger partial charge in [-0.05, 0) is 42.3 Å². The highest BCUT2D eigenvalue weighted by atomic mass is 35.5. The van der Waals surface area contributed by atoms with Crippen LogP contribution < -0.4 is 20.1 Å². The smallest absolute Gasteiger partial charge is 0.314 e. The summed E-state index contributed by atoms with van der Waals surface area (Å²) in [6, 6.07) is 9.54. The first-order chi connectivity index (χ1) is 13.1. The predicted molar refractivity (Wildman–Crippen MR) is 98.7 cm³/mol. The lowest BCUT2D eigenvalue weighted by atomic mass is 10.1. The molecule has 27 heavy (non-hydrogen) atoms. The lowest BCUT2D eigenvalue weighted by Gasteiger charge is -2.21. The zero-order chi connectivity index (χ0) is 19.1. The summed E-state index contributed by atoms with van der Waals surface area (Å²) in [6.45, 7) is 1.47. The van der Waals surface area contributed by atoms with Crippen LogP contribution in [0.2, 0.25) is 5.02 Å². The third-order valence-electron chi connectivity index (χ3n) is 3.88. The molecule has 1 heterocycles. The molecule has 0 aromatic heterocycles. The fourth-order valence-electron chi connectivity index (χ4n) is 2.71. The molecule has 1 aliphatic heterocycles. The highest BCUT2D eigenvalue weighted by Gasteiger charge is 2.16. The maximum atomic E-state index is 13.7. The molecule has 2 aromatic carbocycles. The minimum atomic E-state index is -0.347. The van der Waals surface area contributed by atoms with Crippen LogP contribution in [-0.2, 0) is 17.8 Å². The second kappa shape index (κ2) is 9.43. The van der Waals surface area contributed by atoms with Gasteiger partial charge in [-0.15, -0.1) is 0 Å². The van der Waals surface area contributed by atoms with E-state index in [-0.39, 0.29) is 18.6 Å². The van der Waals surface area contributed by atoms with Gasteiger partial charge < -0.3 is 24.8 Å². The number of carbonyl (C=O) groups excluding carboxylic acids is 1. The molecule has 2 amide bonds. The first-order valence-corrected chi connectivity index (χ1v) is 8.91. The summed E-state index contributed by atoms with van der Waals surface area (Å²) in [5, 5.41) is 6.01. The van der Waals surface area contributed by atoms with Crippen molar-refractivity contribution in [3.63, 3.8) is 0 Å². The van der Waals surface area contributed by atoms with Crippen LogP contribution in [0.1, 0.15) is 11.1 Å². The van der Waals surface area contributed by atoms with E-state index in [2.05, 4.69) is 10.6 Å². The molecule has 2 N–H and O–H groups in total. The van der Waals surface area contributed by atoms with Crippen LogP contribution in [0.3, 0.4) is 0 Å². The Labute approximate surface area is 161 Å². The lowest BCUT2D eigenvalue weighted by molar-refractivity contribution is -0.0172. The summed E-state index contributed by atoms with van der Waals surface area (Å²) >= 11 is 5.87. The van der Waals surface area contributed by atoms with Gasteiger partial charge in [0.15, 0.2) is 6.79 Å². The second-order valence-corrected chi connectivity index (χ2v) is 6.34. The van der Waals surface area contributed by atoms with Gasteiger partial charge in [-0.3, -0.25) is 0 Å². The van der Waals surface area contributed by atoms with Crippen molar-refractivity contribution < 1.29 is 23.4 Å². The van der Waals surface area contributed by atoms with E-state index in [4.69, 9.17) is 25.8 Å². The maximum absolute atomic E-state index is 13.7. The topological polar surface area (TPSA) is 68.8 Å². The molecule has 0 saturated carbocycles. The van der Waals surface area contributed by atoms with Gasteiger partial charge >= 0.3 is 6.03 Å². The summed E-state index contributed by atoms with van der Waals surface area (Å²) < 4.78 is 29.8. The number of halogens is 2. The van der Waals surface area contributed by atoms with Crippen molar-refractivity contribution in [2.24, 2.45) is 0 Å². The normalized spacial score (nSPS) is 12.7. The van der Waals surface area contributed by atoms with Gasteiger partial charge in [0.2, 0.25) is 0 Å². The van der Waals surface area contributed by atoms with E-state index in [0.29, 0.717) is 60.4 Å². The number of rotatable bonds is 7. The van der Waals surface area contributed by atoms with E-state index in [9.17, 15) is 9.18 Å². The van der Waals surface area contributed by atoms with Crippen molar-refractivity contribution in [3.05, 3.63) is 58.4 Å². The van der Waals surface area contributed by atoms with E-state index < -0.39 is 0 Å². The summed E-state index contributed by atoms with van der Waals surface area (Å²) in [6.07, 6.45) is 0.451. The van der Waals surface area contributed by atoms with Crippen LogP contribution in [0.4, 0.5) is 9.18 Å². The molecule has 2 aromatic rings. The van der Waals surface area contributed by atoms with Crippen LogP contribution in [-0.4, -0.2) is 32.5 Å². The third-order valence-corrected chi connectivity index (χ3v) is 4.12. The molecule has 0 spiro atoms. The Bertz CT molecular complexity index is 803. The molecule has 1 aliphatic rings. The van der Waals surface area contributed by atoms with Crippen molar-refractivity contribution in [1.29, 1.82) is 0 Å². The molecular formula is C19H20ClFN2O4. The highest BCUT2D eigenvalue weighted by molar-refractivity contribution is 6.30. The summed E-state index contributed by atoms with van der Waals surface area (Å²) in [5.41, 5.74) is 1.39. The largest absolute Gasteiger partial charge is 0.492 e. The molecule has 0 aliphatic carbocycles. The third kappa shape index (κ3) is 5.74. The molecule has 8 heteroatoms. The van der Waals surface area contributed by atoms with Crippen LogP contribution in [0, 0.1) is 5.82 Å². The Hall–Kier alpha value is -2.51. The molecule has 0 radical (unpaired) electrons. The van der Waals surface area contributed by atoms with Crippen LogP contribution >= 0.6 is 11.6 Å². The zero-order valence-electron chi connectivity index (χ0n) is 14.6. The average Bonchev–Trinajstić information content (AvgIpc) is 2.65. The van der Waals surface area contributed by atoms with E-state index in [1.54, 1.807) is 24.3 Å². The highest BCUT2D eigenvalue weighted by Crippen LogP contribution is 2.29. The summed E-state index contributed by atoms with van der Waals surface area (Å²) in [5.74, 6) is 0.935. The predicted octanol–water partition coefficient (Wildman–Crippen LogP) is 3.27. The second-order valence-electron chi connectivity index (χ2n) is 5.90. The van der Waals surface area contributed by atoms with Crippen molar-refractivity contribution in [2.45, 2.75) is 13.0 Å². The van der Waals surface area contributed by atoms with Crippen LogP contribution in [0.15, 0.2) is 36.4 Å². The molecule has 3 rings (SSSR count). The summed E-state index contributed by atoms with van der Waals surface area (Å²) in [7, 11) is 0. The Balaban J connectivity index is 1.38. The quantitative estimate of drug-likeness (QED) is 0.707. The number of hydrogen-bond acceptors (Lipinski definition) is 4. The van der Waals surface area contributed by atoms with Gasteiger partial charge in [-0.1, -0.05) is 17.7 Å². The van der Waals surface area contributed by atoms with Gasteiger partial charge in [-0.25, -0.2) is 9.18 Å². The number of nitrogens with one attached hydrogen (secondary N) is 2. The number of fused-ring (bicyclic) bond motifs is 1. The van der Waals surface area contributed by atoms with Gasteiger partial charge in [0, 0.05) is 17.1 Å². The van der Waals surface area contributed by atoms with Crippen molar-refractivity contribution in [3.8, 4) is 11.5 Å². The Morgan fingerprint density at radius 3 is 2.93 bits per heavy atom. The Morgan fingerprint density at radius 2 is 2.07 bits per heavy atom. The minimum Gasteiger partial charge on any atom is -0.492 e. The minimum absolute atomic E-state index is 0.145. The van der Waals surface area contributed by atoms with Crippen molar-refractivity contribution >= 4 is 17.6 Å². The van der Waals surface area contributed by atoms with Crippen molar-refractivity contribution in [1.82, 2.24) is 10.6 Å². The molecule has 6 nitrogen and oxygen atoms in total. The van der Waals surface area contributed by atoms with Gasteiger partial charge in [0.1, 0.15) is 23.9 Å². The number of carbonyl (C=O) groups is 1. The molecule has 0 unspecified atom stereocenters. The molecule has 0 bridgehead atoms. The van der Waals surface area contributed by atoms with E-state index >= 15 is 0 Å². The van der Waals surface area contributed by atoms with Gasteiger partial charge in [-0.2, -0.15) is 0 Å². The van der Waals surface area contributed by atoms with Gasteiger partial charge in [0.25, 0.3) is 0 Å². The molecular weight excluding hydrogens is 375 g/mol. The number of amides is 2. The van der Waals surface area contributed by atoms with E-state index in [1.807, 2.05) is 0 Å². The van der Waals surface area contributed by atoms with Crippen molar-refractivity contribution in [2.75, 3.05) is 26.5 Å². The number of urea groups is 1. The average molecular weight is 395 g/mol. The molecule has 144 valence electrons. The van der Waals surface area contributed by atoms with Crippen LogP contribution in [0.5, 0.6) is 11.5 Å². The summed E-state index contributed by atoms with van der Waals surface area (Å²) in [4.78, 5) is 11.8. The zero-order valence-corrected chi connectivity index (χ0v) is 15.4. The monoisotopic (exact) mass is 394 g/mol. The first kappa shape index (κ1) is 19.3. The molecule has 0 fully saturated rings. The number of ether oxygens (including phenoxy) is 3. The molecule has 0 saturated heterocycles. The number of benzene rings is 2. The van der Waals surface area contributed by atoms with Crippen LogP contribution in [0.25, 0.3) is 0 Å². The van der Waals surface area contributed by atoms with Gasteiger partial charge in [0.05, 0.1) is 13.2 Å². The van der Waals surface area contributed by atoms with E-state index in [1.165, 1.54) is 12.1 Å². The fraction of sp³-hybridized carbons (Fsp3) is 0.316. The SMILES string of the molecule is O=C(NCCOc1cccc(Cl)c1)NCCc1cc(F)cc2c1OCOC2. The maximum Gasteiger partial charge on any atom is 0.314 e. The standard InChI is InChI=1S/C19H20ClFN2O4/c20-15-2-1-3-17(10-15)26-7-6-23-19(24)22-5-4-13-8-16(21)9-14-11-25-12-27-18(13)14/h1-3,8-10H,4-7,11-12H2,(H2,22,23,24). The Morgan fingerprint density at radius 1 is 1.22 bits per heavy atom.